The number of hydrogen-bond donors (Lipinski definition) is 0. The molecule has 0 aliphatic heterocycles. The van der Waals surface area contributed by atoms with Crippen molar-refractivity contribution in [3.8, 4) is 0 Å². The molecule has 0 unspecified atom stereocenters. The minimum atomic E-state index is -0.701. The summed E-state index contributed by atoms with van der Waals surface area (Å²) in [5.41, 5.74) is -0.757. The third-order valence-corrected chi connectivity index (χ3v) is 8.92. The van der Waals surface area contributed by atoms with Crippen LogP contribution in [0.2, 0.25) is 0 Å². The van der Waals surface area contributed by atoms with E-state index in [4.69, 9.17) is 4.74 Å². The number of carbonyl (C=O) groups excluding carboxylic acids is 3. The Morgan fingerprint density at radius 2 is 1.77 bits per heavy atom. The lowest BCUT2D eigenvalue weighted by Crippen LogP contribution is -2.61. The molecule has 26 heavy (non-hydrogen) atoms. The number of Topliss-reactive ketones (excluding diaryl/α,β-unsaturated/α-hetero) is 2. The fourth-order valence-corrected chi connectivity index (χ4v) is 7.82. The lowest BCUT2D eigenvalue weighted by atomic mass is 9.40. The molecule has 1 spiro atoms. The van der Waals surface area contributed by atoms with Crippen LogP contribution in [0.1, 0.15) is 72.6 Å². The average molecular weight is 360 g/mol. The van der Waals surface area contributed by atoms with Crippen molar-refractivity contribution < 1.29 is 19.1 Å². The monoisotopic (exact) mass is 360 g/mol. The van der Waals surface area contributed by atoms with E-state index in [1.165, 1.54) is 6.92 Å². The Morgan fingerprint density at radius 1 is 1.04 bits per heavy atom. The Labute approximate surface area is 156 Å². The first kappa shape index (κ1) is 18.2. The summed E-state index contributed by atoms with van der Waals surface area (Å²) < 4.78 is 5.46. The Balaban J connectivity index is 1.72. The minimum absolute atomic E-state index is 0.00819. The van der Waals surface area contributed by atoms with Crippen LogP contribution in [0.15, 0.2) is 0 Å². The van der Waals surface area contributed by atoms with Gasteiger partial charge in [0.25, 0.3) is 0 Å². The van der Waals surface area contributed by atoms with E-state index in [-0.39, 0.29) is 46.1 Å². The van der Waals surface area contributed by atoms with Gasteiger partial charge in [-0.2, -0.15) is 0 Å². The highest BCUT2D eigenvalue weighted by Crippen LogP contribution is 2.70. The highest BCUT2D eigenvalue weighted by atomic mass is 16.5. The third kappa shape index (κ3) is 2.10. The van der Waals surface area contributed by atoms with Gasteiger partial charge in [0.05, 0.1) is 12.0 Å². The molecule has 4 fully saturated rings. The van der Waals surface area contributed by atoms with Crippen LogP contribution in [0.3, 0.4) is 0 Å². The highest BCUT2D eigenvalue weighted by Gasteiger charge is 2.71. The van der Waals surface area contributed by atoms with Gasteiger partial charge in [0.2, 0.25) is 0 Å². The zero-order valence-corrected chi connectivity index (χ0v) is 16.6. The predicted molar refractivity (Wildman–Crippen MR) is 97.2 cm³/mol. The van der Waals surface area contributed by atoms with Gasteiger partial charge in [-0.3, -0.25) is 14.4 Å². The summed E-state index contributed by atoms with van der Waals surface area (Å²) in [5, 5.41) is 0. The van der Waals surface area contributed by atoms with Gasteiger partial charge in [-0.15, -0.1) is 0 Å². The number of carbonyl (C=O) groups is 3. The standard InChI is InChI=1S/C22H32O4/c1-13-15-6-7-17-21(4)10-5-9-20(3,12-26-14(2)23)16(21)8-11-22(17,18(13)24)19(15)25/h13,15-17H,5-12H2,1-4H3/t13-,15-,16+,17-,20+,21+,22+/m0/s1. The van der Waals surface area contributed by atoms with Crippen LogP contribution >= 0.6 is 0 Å². The molecule has 0 saturated heterocycles. The fourth-order valence-electron chi connectivity index (χ4n) is 7.82. The Morgan fingerprint density at radius 3 is 2.46 bits per heavy atom. The molecule has 0 aromatic rings. The molecule has 4 saturated carbocycles. The molecule has 0 aromatic heterocycles. The van der Waals surface area contributed by atoms with Crippen molar-refractivity contribution in [2.75, 3.05) is 6.61 Å². The van der Waals surface area contributed by atoms with Crippen LogP contribution in [0, 0.1) is 39.9 Å². The lowest BCUT2D eigenvalue weighted by molar-refractivity contribution is -0.180. The zero-order chi connectivity index (χ0) is 18.9. The smallest absolute Gasteiger partial charge is 0.302 e. The topological polar surface area (TPSA) is 60.4 Å². The first-order valence-corrected chi connectivity index (χ1v) is 10.4. The molecule has 4 aliphatic rings. The van der Waals surface area contributed by atoms with E-state index in [9.17, 15) is 14.4 Å². The van der Waals surface area contributed by atoms with Gasteiger partial charge in [-0.1, -0.05) is 27.2 Å². The SMILES string of the molecule is CC(=O)OC[C@@]1(C)CCC[C@]2(C)[C@@H]1CC[C@]13C(=O)[C@@H](C)[C@H](CC[C@H]12)C3=O. The average Bonchev–Trinajstić information content (AvgIpc) is 2.69. The zero-order valence-electron chi connectivity index (χ0n) is 16.6. The second-order valence-electron chi connectivity index (χ2n) is 10.1. The molecule has 0 amide bonds. The van der Waals surface area contributed by atoms with Gasteiger partial charge in [-0.05, 0) is 55.8 Å². The molecule has 7 atom stereocenters. The summed E-state index contributed by atoms with van der Waals surface area (Å²) in [7, 11) is 0. The number of hydrogen-bond acceptors (Lipinski definition) is 4. The third-order valence-electron chi connectivity index (χ3n) is 8.92. The van der Waals surface area contributed by atoms with E-state index < -0.39 is 5.41 Å². The molecule has 0 radical (unpaired) electrons. The second kappa shape index (κ2) is 5.65. The number of ketones is 2. The molecule has 4 rings (SSSR count). The molecule has 4 heteroatoms. The molecule has 144 valence electrons. The van der Waals surface area contributed by atoms with Crippen molar-refractivity contribution >= 4 is 17.5 Å². The van der Waals surface area contributed by atoms with E-state index in [1.807, 2.05) is 6.92 Å². The predicted octanol–water partition coefficient (Wildman–Crippen LogP) is 3.96. The molecule has 2 bridgehead atoms. The van der Waals surface area contributed by atoms with Crippen molar-refractivity contribution in [1.29, 1.82) is 0 Å². The van der Waals surface area contributed by atoms with Gasteiger partial charge in [0, 0.05) is 24.2 Å². The molecular formula is C22H32O4. The first-order chi connectivity index (χ1) is 12.2. The largest absolute Gasteiger partial charge is 0.465 e. The normalized spacial score (nSPS) is 50.2. The van der Waals surface area contributed by atoms with E-state index in [1.54, 1.807) is 0 Å². The molecule has 0 aromatic carbocycles. The van der Waals surface area contributed by atoms with E-state index >= 15 is 0 Å². The molecule has 4 nitrogen and oxygen atoms in total. The summed E-state index contributed by atoms with van der Waals surface area (Å²) in [6.45, 7) is 8.49. The number of fused-ring (bicyclic) bond motifs is 3. The van der Waals surface area contributed by atoms with Gasteiger partial charge in [0.15, 0.2) is 0 Å². The number of ether oxygens (including phenoxy) is 1. The molecular weight excluding hydrogens is 328 g/mol. The van der Waals surface area contributed by atoms with Crippen LogP contribution in [0.5, 0.6) is 0 Å². The Kier molecular flexibility index (Phi) is 3.95. The van der Waals surface area contributed by atoms with Crippen molar-refractivity contribution in [2.24, 2.45) is 39.9 Å². The Bertz CT molecular complexity index is 659. The van der Waals surface area contributed by atoms with Crippen molar-refractivity contribution in [3.05, 3.63) is 0 Å². The van der Waals surface area contributed by atoms with Gasteiger partial charge in [-0.25, -0.2) is 0 Å². The van der Waals surface area contributed by atoms with E-state index in [0.717, 1.165) is 38.5 Å². The van der Waals surface area contributed by atoms with E-state index in [0.29, 0.717) is 18.9 Å². The number of esters is 1. The van der Waals surface area contributed by atoms with Crippen molar-refractivity contribution in [3.63, 3.8) is 0 Å². The van der Waals surface area contributed by atoms with Crippen LogP contribution in [0.25, 0.3) is 0 Å². The minimum Gasteiger partial charge on any atom is -0.465 e. The maximum absolute atomic E-state index is 13.3. The summed E-state index contributed by atoms with van der Waals surface area (Å²) in [6, 6.07) is 0. The maximum atomic E-state index is 13.3. The molecule has 0 heterocycles. The van der Waals surface area contributed by atoms with Crippen LogP contribution < -0.4 is 0 Å². The molecule has 4 aliphatic carbocycles. The van der Waals surface area contributed by atoms with Crippen LogP contribution in [-0.4, -0.2) is 24.1 Å². The quantitative estimate of drug-likeness (QED) is 0.552. The van der Waals surface area contributed by atoms with Crippen LogP contribution in [0.4, 0.5) is 0 Å². The summed E-state index contributed by atoms with van der Waals surface area (Å²) in [5.74, 6) is 0.735. The van der Waals surface area contributed by atoms with Gasteiger partial charge < -0.3 is 4.74 Å². The first-order valence-electron chi connectivity index (χ1n) is 10.4. The second-order valence-corrected chi connectivity index (χ2v) is 10.1. The van der Waals surface area contributed by atoms with E-state index in [2.05, 4.69) is 13.8 Å². The summed E-state index contributed by atoms with van der Waals surface area (Å²) in [4.78, 5) is 37.9. The highest BCUT2D eigenvalue weighted by molar-refractivity contribution is 6.16. The van der Waals surface area contributed by atoms with Gasteiger partial charge >= 0.3 is 5.97 Å². The summed E-state index contributed by atoms with van der Waals surface area (Å²) in [6.07, 6.45) is 6.72. The summed E-state index contributed by atoms with van der Waals surface area (Å²) >= 11 is 0. The Hall–Kier alpha value is -1.19. The number of rotatable bonds is 2. The fraction of sp³-hybridized carbons (Fsp3) is 0.864. The maximum Gasteiger partial charge on any atom is 0.302 e. The van der Waals surface area contributed by atoms with Gasteiger partial charge in [0.1, 0.15) is 11.6 Å². The van der Waals surface area contributed by atoms with Crippen LogP contribution in [-0.2, 0) is 19.1 Å². The molecule has 0 N–H and O–H groups in total. The van der Waals surface area contributed by atoms with Crippen molar-refractivity contribution in [2.45, 2.75) is 72.6 Å². The lowest BCUT2D eigenvalue weighted by Gasteiger charge is -2.62. The van der Waals surface area contributed by atoms with Crippen molar-refractivity contribution in [1.82, 2.24) is 0 Å².